The van der Waals surface area contributed by atoms with Crippen LogP contribution in [0.15, 0.2) is 18.2 Å². The number of ketones is 1. The van der Waals surface area contributed by atoms with Gasteiger partial charge in [-0.3, -0.25) is 4.79 Å². The second kappa shape index (κ2) is 6.72. The highest BCUT2D eigenvalue weighted by Crippen LogP contribution is 2.34. The van der Waals surface area contributed by atoms with Crippen molar-refractivity contribution in [2.45, 2.75) is 17.7 Å². The summed E-state index contributed by atoms with van der Waals surface area (Å²) in [5.74, 6) is -0.866. The zero-order chi connectivity index (χ0) is 14.6. The standard InChI is InChI=1S/C12H11Br2ClO4/c1-3-12(13,11(17)19-14)10(16)8-6-7(15)4-5-9(8)18-2/h4-6H,3H2,1-2H3. The van der Waals surface area contributed by atoms with E-state index in [2.05, 4.69) is 36.0 Å². The molecule has 1 aromatic carbocycles. The van der Waals surface area contributed by atoms with Crippen molar-refractivity contribution in [2.24, 2.45) is 0 Å². The van der Waals surface area contributed by atoms with Gasteiger partial charge in [0.25, 0.3) is 0 Å². The third kappa shape index (κ3) is 3.30. The summed E-state index contributed by atoms with van der Waals surface area (Å²) < 4.78 is 8.12. The topological polar surface area (TPSA) is 52.6 Å². The summed E-state index contributed by atoms with van der Waals surface area (Å²) >= 11 is 11.6. The lowest BCUT2D eigenvalue weighted by Gasteiger charge is -2.21. The molecule has 0 radical (unpaired) electrons. The molecule has 0 heterocycles. The lowest BCUT2D eigenvalue weighted by atomic mass is 9.94. The number of ether oxygens (including phenoxy) is 1. The normalized spacial score (nSPS) is 13.5. The third-order valence-corrected chi connectivity index (χ3v) is 4.42. The van der Waals surface area contributed by atoms with Crippen LogP contribution in [0.3, 0.4) is 0 Å². The monoisotopic (exact) mass is 412 g/mol. The lowest BCUT2D eigenvalue weighted by Crippen LogP contribution is -2.40. The van der Waals surface area contributed by atoms with Gasteiger partial charge in [-0.05, 0) is 24.6 Å². The van der Waals surface area contributed by atoms with Gasteiger partial charge in [-0.2, -0.15) is 0 Å². The van der Waals surface area contributed by atoms with E-state index in [1.165, 1.54) is 13.2 Å². The van der Waals surface area contributed by atoms with E-state index in [4.69, 9.17) is 16.3 Å². The first-order valence-electron chi connectivity index (χ1n) is 5.31. The molecule has 0 fully saturated rings. The Morgan fingerprint density at radius 3 is 2.53 bits per heavy atom. The smallest absolute Gasteiger partial charge is 0.342 e. The summed E-state index contributed by atoms with van der Waals surface area (Å²) in [6.45, 7) is 1.69. The lowest BCUT2D eigenvalue weighted by molar-refractivity contribution is -0.133. The van der Waals surface area contributed by atoms with E-state index in [0.29, 0.717) is 10.8 Å². The van der Waals surface area contributed by atoms with Crippen LogP contribution in [-0.4, -0.2) is 23.2 Å². The predicted octanol–water partition coefficient (Wildman–Crippen LogP) is 3.93. The predicted molar refractivity (Wildman–Crippen MR) is 79.3 cm³/mol. The average molecular weight is 414 g/mol. The Labute approximate surface area is 133 Å². The van der Waals surface area contributed by atoms with Gasteiger partial charge in [-0.25, -0.2) is 4.79 Å². The van der Waals surface area contributed by atoms with Gasteiger partial charge in [-0.1, -0.05) is 34.5 Å². The number of carbonyl (C=O) groups excluding carboxylic acids is 2. The summed E-state index contributed by atoms with van der Waals surface area (Å²) in [6.07, 6.45) is 0.214. The Bertz CT molecular complexity index is 507. The first kappa shape index (κ1) is 16.5. The summed E-state index contributed by atoms with van der Waals surface area (Å²) in [5.41, 5.74) is 0.214. The van der Waals surface area contributed by atoms with Crippen molar-refractivity contribution in [1.82, 2.24) is 0 Å². The molecule has 0 aliphatic rings. The van der Waals surface area contributed by atoms with Crippen LogP contribution in [0.1, 0.15) is 23.7 Å². The van der Waals surface area contributed by atoms with Gasteiger partial charge >= 0.3 is 5.97 Å². The quantitative estimate of drug-likeness (QED) is 0.416. The van der Waals surface area contributed by atoms with Crippen LogP contribution in [-0.2, 0) is 8.62 Å². The number of alkyl halides is 1. The van der Waals surface area contributed by atoms with Crippen molar-refractivity contribution in [3.63, 3.8) is 0 Å². The molecule has 4 nitrogen and oxygen atoms in total. The Hall–Kier alpha value is -0.590. The number of rotatable bonds is 5. The van der Waals surface area contributed by atoms with E-state index < -0.39 is 16.1 Å². The van der Waals surface area contributed by atoms with E-state index in [9.17, 15) is 9.59 Å². The largest absolute Gasteiger partial charge is 0.496 e. The van der Waals surface area contributed by atoms with Crippen LogP contribution < -0.4 is 4.74 Å². The number of halogens is 3. The van der Waals surface area contributed by atoms with Crippen LogP contribution in [0, 0.1) is 0 Å². The van der Waals surface area contributed by atoms with Crippen LogP contribution in [0.5, 0.6) is 5.75 Å². The van der Waals surface area contributed by atoms with Crippen LogP contribution in [0.25, 0.3) is 0 Å². The number of Topliss-reactive ketones (excluding diaryl/α,β-unsaturated/α-hetero) is 1. The molecule has 0 bridgehead atoms. The zero-order valence-electron chi connectivity index (χ0n) is 10.2. The minimum absolute atomic E-state index is 0.214. The molecule has 0 aliphatic heterocycles. The first-order valence-corrected chi connectivity index (χ1v) is 7.12. The van der Waals surface area contributed by atoms with Crippen molar-refractivity contribution in [2.75, 3.05) is 7.11 Å². The van der Waals surface area contributed by atoms with E-state index in [1.54, 1.807) is 19.1 Å². The van der Waals surface area contributed by atoms with Gasteiger partial charge in [0.15, 0.2) is 26.4 Å². The third-order valence-electron chi connectivity index (χ3n) is 2.65. The molecule has 0 aromatic heterocycles. The van der Waals surface area contributed by atoms with Gasteiger partial charge in [-0.15, -0.1) is 0 Å². The molecule has 1 unspecified atom stereocenters. The van der Waals surface area contributed by atoms with Crippen molar-refractivity contribution in [1.29, 1.82) is 0 Å². The molecular weight excluding hydrogens is 403 g/mol. The maximum Gasteiger partial charge on any atom is 0.342 e. The molecule has 0 aliphatic carbocycles. The maximum absolute atomic E-state index is 12.5. The molecule has 0 spiro atoms. The van der Waals surface area contributed by atoms with Crippen molar-refractivity contribution >= 4 is 55.5 Å². The minimum atomic E-state index is -1.48. The highest BCUT2D eigenvalue weighted by molar-refractivity contribution is 9.10. The van der Waals surface area contributed by atoms with Gasteiger partial charge in [0.05, 0.1) is 12.7 Å². The molecular formula is C12H11Br2ClO4. The molecule has 7 heteroatoms. The van der Waals surface area contributed by atoms with Gasteiger partial charge in [0, 0.05) is 5.02 Å². The fourth-order valence-corrected chi connectivity index (χ4v) is 2.49. The number of hydrogen-bond donors (Lipinski definition) is 0. The van der Waals surface area contributed by atoms with Crippen LogP contribution in [0.4, 0.5) is 0 Å². The molecule has 0 N–H and O–H groups in total. The van der Waals surface area contributed by atoms with E-state index in [0.717, 1.165) is 0 Å². The Morgan fingerprint density at radius 2 is 2.05 bits per heavy atom. The summed E-state index contributed by atoms with van der Waals surface area (Å²) in [6, 6.07) is 4.62. The molecule has 19 heavy (non-hydrogen) atoms. The van der Waals surface area contributed by atoms with Gasteiger partial charge < -0.3 is 8.57 Å². The first-order chi connectivity index (χ1) is 8.90. The molecule has 1 atom stereocenters. The molecule has 0 saturated carbocycles. The number of hydrogen-bond acceptors (Lipinski definition) is 4. The molecule has 104 valence electrons. The second-order valence-electron chi connectivity index (χ2n) is 3.69. The Morgan fingerprint density at radius 1 is 1.42 bits per heavy atom. The zero-order valence-corrected chi connectivity index (χ0v) is 14.1. The SMILES string of the molecule is CCC(Br)(C(=O)OBr)C(=O)c1cc(Cl)ccc1OC. The minimum Gasteiger partial charge on any atom is -0.496 e. The summed E-state index contributed by atoms with van der Waals surface area (Å²) in [7, 11) is 1.44. The van der Waals surface area contributed by atoms with E-state index in [1.807, 2.05) is 0 Å². The average Bonchev–Trinajstić information content (AvgIpc) is 2.44. The van der Waals surface area contributed by atoms with Crippen LogP contribution in [0.2, 0.25) is 5.02 Å². The maximum atomic E-state index is 12.5. The highest BCUT2D eigenvalue weighted by Gasteiger charge is 2.44. The molecule has 1 aromatic rings. The van der Waals surface area contributed by atoms with Gasteiger partial charge in [0.1, 0.15) is 5.75 Å². The Balaban J connectivity index is 3.32. The van der Waals surface area contributed by atoms with Crippen molar-refractivity contribution < 1.29 is 18.2 Å². The van der Waals surface area contributed by atoms with Crippen molar-refractivity contribution in [3.8, 4) is 5.75 Å². The second-order valence-corrected chi connectivity index (χ2v) is 5.81. The summed E-state index contributed by atoms with van der Waals surface area (Å²) in [5, 5.41) is 0.377. The Kier molecular flexibility index (Phi) is 5.82. The van der Waals surface area contributed by atoms with Crippen LogP contribution >= 0.6 is 43.8 Å². The fraction of sp³-hybridized carbons (Fsp3) is 0.333. The summed E-state index contributed by atoms with van der Waals surface area (Å²) in [4.78, 5) is 24.3. The van der Waals surface area contributed by atoms with Crippen molar-refractivity contribution in [3.05, 3.63) is 28.8 Å². The number of carbonyl (C=O) groups is 2. The number of methoxy groups -OCH3 is 1. The number of benzene rings is 1. The molecule has 0 saturated heterocycles. The highest BCUT2D eigenvalue weighted by atomic mass is 79.9. The van der Waals surface area contributed by atoms with Gasteiger partial charge in [0.2, 0.25) is 0 Å². The van der Waals surface area contributed by atoms with E-state index in [-0.39, 0.29) is 12.0 Å². The molecule has 0 amide bonds. The van der Waals surface area contributed by atoms with E-state index >= 15 is 0 Å². The fourth-order valence-electron chi connectivity index (χ4n) is 1.53. The molecule has 1 rings (SSSR count).